The van der Waals surface area contributed by atoms with Crippen LogP contribution in [0.5, 0.6) is 0 Å². The number of imide groups is 1. The van der Waals surface area contributed by atoms with Crippen LogP contribution >= 0.6 is 0 Å². The van der Waals surface area contributed by atoms with Gasteiger partial charge in [-0.05, 0) is 76.4 Å². The van der Waals surface area contributed by atoms with Crippen molar-refractivity contribution in [2.24, 2.45) is 0 Å². The topological polar surface area (TPSA) is 86.4 Å². The van der Waals surface area contributed by atoms with Crippen LogP contribution in [0.25, 0.3) is 11.0 Å². The van der Waals surface area contributed by atoms with Crippen LogP contribution in [0.4, 0.5) is 0 Å². The van der Waals surface area contributed by atoms with Crippen molar-refractivity contribution in [3.8, 4) is 0 Å². The second kappa shape index (κ2) is 7.54. The number of aryl methyl sites for hydroxylation is 1. The van der Waals surface area contributed by atoms with Crippen LogP contribution in [0.2, 0.25) is 0 Å². The maximum absolute atomic E-state index is 13.2. The van der Waals surface area contributed by atoms with Gasteiger partial charge in [0.05, 0.1) is 22.2 Å². The average Bonchev–Trinajstić information content (AvgIpc) is 3.31. The number of nitrogens with zero attached hydrogens (tertiary/aromatic N) is 3. The highest BCUT2D eigenvalue weighted by Gasteiger charge is 2.42. The van der Waals surface area contributed by atoms with E-state index in [1.165, 1.54) is 10.5 Å². The number of fused-ring (bicyclic) bond motifs is 2. The molecular weight excluding hydrogens is 416 g/mol. The van der Waals surface area contributed by atoms with Crippen molar-refractivity contribution in [2.45, 2.75) is 52.0 Å². The number of hydrogen-bond donors (Lipinski definition) is 1. The van der Waals surface area contributed by atoms with Gasteiger partial charge < -0.3 is 9.88 Å². The predicted octanol–water partition coefficient (Wildman–Crippen LogP) is 4.29. The Labute approximate surface area is 192 Å². The van der Waals surface area contributed by atoms with Crippen LogP contribution in [0.3, 0.4) is 0 Å². The second-order valence-electron chi connectivity index (χ2n) is 10.1. The lowest BCUT2D eigenvalue weighted by Gasteiger charge is -2.31. The molecule has 2 aliphatic rings. The van der Waals surface area contributed by atoms with Gasteiger partial charge in [-0.3, -0.25) is 19.3 Å². The molecule has 1 aromatic heterocycles. The monoisotopic (exact) mass is 444 g/mol. The smallest absolute Gasteiger partial charge is 0.262 e. The van der Waals surface area contributed by atoms with E-state index in [9.17, 15) is 14.4 Å². The first-order valence-electron chi connectivity index (χ1n) is 11.4. The minimum absolute atomic E-state index is 0.106. The van der Waals surface area contributed by atoms with Gasteiger partial charge in [-0.25, -0.2) is 4.98 Å². The Morgan fingerprint density at radius 3 is 2.39 bits per heavy atom. The molecule has 0 spiro atoms. The van der Waals surface area contributed by atoms with Crippen LogP contribution < -0.4 is 0 Å². The van der Waals surface area contributed by atoms with Gasteiger partial charge in [0, 0.05) is 30.1 Å². The number of amides is 3. The minimum atomic E-state index is -0.616. The first-order chi connectivity index (χ1) is 15.6. The van der Waals surface area contributed by atoms with E-state index in [-0.39, 0.29) is 23.6 Å². The SMILES string of the molecule is Cc1ccc2nc(C3CCN(C(=O)c4ccc5c(c4)C(=O)N(C(C)(C)C)C5=O)CC3)[nH]c2c1. The number of rotatable bonds is 2. The van der Waals surface area contributed by atoms with Crippen LogP contribution in [-0.4, -0.2) is 56.1 Å². The summed E-state index contributed by atoms with van der Waals surface area (Å²) in [5.41, 5.74) is 3.72. The highest BCUT2D eigenvalue weighted by atomic mass is 16.2. The van der Waals surface area contributed by atoms with Crippen LogP contribution in [-0.2, 0) is 0 Å². The Kier molecular flexibility index (Phi) is 4.88. The number of aromatic nitrogens is 2. The zero-order chi connectivity index (χ0) is 23.5. The largest absolute Gasteiger partial charge is 0.342 e. The van der Waals surface area contributed by atoms with E-state index in [1.807, 2.05) is 31.7 Å². The molecule has 0 aliphatic carbocycles. The number of carbonyl (C=O) groups excluding carboxylic acids is 3. The number of imidazole rings is 1. The molecule has 0 bridgehead atoms. The van der Waals surface area contributed by atoms with Crippen molar-refractivity contribution in [2.75, 3.05) is 13.1 Å². The quantitative estimate of drug-likeness (QED) is 0.598. The van der Waals surface area contributed by atoms with Gasteiger partial charge in [0.15, 0.2) is 0 Å². The Balaban J connectivity index is 1.30. The van der Waals surface area contributed by atoms with Gasteiger partial charge in [0.25, 0.3) is 17.7 Å². The summed E-state index contributed by atoms with van der Waals surface area (Å²) in [6, 6.07) is 11.0. The predicted molar refractivity (Wildman–Crippen MR) is 125 cm³/mol. The summed E-state index contributed by atoms with van der Waals surface area (Å²) in [6.07, 6.45) is 1.65. The van der Waals surface area contributed by atoms with Crippen LogP contribution in [0.1, 0.15) is 82.0 Å². The summed E-state index contributed by atoms with van der Waals surface area (Å²) >= 11 is 0. The third-order valence-corrected chi connectivity index (χ3v) is 6.63. The van der Waals surface area contributed by atoms with Gasteiger partial charge in [0.2, 0.25) is 0 Å². The number of piperidine rings is 1. The molecule has 2 aliphatic heterocycles. The van der Waals surface area contributed by atoms with Crippen molar-refractivity contribution in [1.29, 1.82) is 0 Å². The Bertz CT molecular complexity index is 1290. The molecule has 2 aromatic carbocycles. The molecule has 5 rings (SSSR count). The Morgan fingerprint density at radius 2 is 1.70 bits per heavy atom. The van der Waals surface area contributed by atoms with Gasteiger partial charge in [-0.2, -0.15) is 0 Å². The standard InChI is InChI=1S/C26H28N4O3/c1-15-5-8-20-21(13-15)28-22(27-20)16-9-11-29(12-10-16)23(31)17-6-7-18-19(14-17)25(33)30(24(18)32)26(2,3)4/h5-8,13-14,16H,9-12H2,1-4H3,(H,27,28). The van der Waals surface area contributed by atoms with Gasteiger partial charge >= 0.3 is 0 Å². The molecule has 170 valence electrons. The van der Waals surface area contributed by atoms with Crippen LogP contribution in [0.15, 0.2) is 36.4 Å². The van der Waals surface area contributed by atoms with Crippen molar-refractivity contribution >= 4 is 28.8 Å². The Hall–Kier alpha value is -3.48. The highest BCUT2D eigenvalue weighted by Crippen LogP contribution is 2.32. The van der Waals surface area contributed by atoms with E-state index in [1.54, 1.807) is 18.2 Å². The summed E-state index contributed by atoms with van der Waals surface area (Å²) < 4.78 is 0. The van der Waals surface area contributed by atoms with E-state index < -0.39 is 5.54 Å². The molecule has 1 fully saturated rings. The third kappa shape index (κ3) is 3.61. The Morgan fingerprint density at radius 1 is 1.00 bits per heavy atom. The van der Waals surface area contributed by atoms with Gasteiger partial charge in [0.1, 0.15) is 5.82 Å². The fourth-order valence-corrected chi connectivity index (χ4v) is 4.86. The molecule has 1 N–H and O–H groups in total. The normalized spacial score (nSPS) is 17.2. The summed E-state index contributed by atoms with van der Waals surface area (Å²) in [7, 11) is 0. The lowest BCUT2D eigenvalue weighted by Crippen LogP contribution is -2.45. The minimum Gasteiger partial charge on any atom is -0.342 e. The van der Waals surface area contributed by atoms with E-state index in [0.717, 1.165) is 29.7 Å². The molecular formula is C26H28N4O3. The maximum Gasteiger partial charge on any atom is 0.262 e. The van der Waals surface area contributed by atoms with Crippen molar-refractivity contribution < 1.29 is 14.4 Å². The van der Waals surface area contributed by atoms with Gasteiger partial charge in [-0.1, -0.05) is 6.07 Å². The molecule has 3 heterocycles. The molecule has 1 saturated heterocycles. The summed E-state index contributed by atoms with van der Waals surface area (Å²) in [5.74, 6) is 0.512. The van der Waals surface area contributed by atoms with Crippen molar-refractivity contribution in [3.63, 3.8) is 0 Å². The first kappa shape index (κ1) is 21.4. The molecule has 0 unspecified atom stereocenters. The number of H-pyrrole nitrogens is 1. The number of carbonyl (C=O) groups is 3. The van der Waals surface area contributed by atoms with E-state index in [0.29, 0.717) is 29.8 Å². The summed E-state index contributed by atoms with van der Waals surface area (Å²) in [6.45, 7) is 8.79. The van der Waals surface area contributed by atoms with Crippen molar-refractivity contribution in [1.82, 2.24) is 19.8 Å². The fourth-order valence-electron chi connectivity index (χ4n) is 4.86. The van der Waals surface area contributed by atoms with E-state index in [4.69, 9.17) is 4.98 Å². The number of aromatic amines is 1. The number of benzene rings is 2. The third-order valence-electron chi connectivity index (χ3n) is 6.63. The molecule has 7 nitrogen and oxygen atoms in total. The molecule has 0 atom stereocenters. The summed E-state index contributed by atoms with van der Waals surface area (Å²) in [4.78, 5) is 50.0. The fraction of sp³-hybridized carbons (Fsp3) is 0.385. The zero-order valence-corrected chi connectivity index (χ0v) is 19.4. The summed E-state index contributed by atoms with van der Waals surface area (Å²) in [5, 5.41) is 0. The first-order valence-corrected chi connectivity index (χ1v) is 11.4. The number of hydrogen-bond acceptors (Lipinski definition) is 4. The maximum atomic E-state index is 13.2. The lowest BCUT2D eigenvalue weighted by atomic mass is 9.95. The molecule has 0 radical (unpaired) electrons. The molecule has 7 heteroatoms. The zero-order valence-electron chi connectivity index (χ0n) is 19.4. The lowest BCUT2D eigenvalue weighted by molar-refractivity contribution is 0.0507. The van der Waals surface area contributed by atoms with Gasteiger partial charge in [-0.15, -0.1) is 0 Å². The number of likely N-dealkylation sites (tertiary alicyclic amines) is 1. The number of nitrogens with one attached hydrogen (secondary N) is 1. The molecule has 3 amide bonds. The molecule has 3 aromatic rings. The van der Waals surface area contributed by atoms with E-state index >= 15 is 0 Å². The highest BCUT2D eigenvalue weighted by molar-refractivity contribution is 6.22. The van der Waals surface area contributed by atoms with Crippen LogP contribution in [0, 0.1) is 6.92 Å². The molecule has 0 saturated carbocycles. The molecule has 33 heavy (non-hydrogen) atoms. The average molecular weight is 445 g/mol. The van der Waals surface area contributed by atoms with Crippen molar-refractivity contribution in [3.05, 3.63) is 64.5 Å². The van der Waals surface area contributed by atoms with E-state index in [2.05, 4.69) is 24.0 Å². The second-order valence-corrected chi connectivity index (χ2v) is 10.1.